The van der Waals surface area contributed by atoms with E-state index in [1.807, 2.05) is 58.0 Å². The summed E-state index contributed by atoms with van der Waals surface area (Å²) in [7, 11) is -9.85. The number of aliphatic hydroxyl groups is 1. The average molecular weight is 756 g/mol. The average Bonchev–Trinajstić information content (AvgIpc) is 2.74. The van der Waals surface area contributed by atoms with Crippen LogP contribution in [0.3, 0.4) is 0 Å². The van der Waals surface area contributed by atoms with E-state index in [-0.39, 0.29) is 42.7 Å². The normalized spacial score (nSPS) is 13.4. The van der Waals surface area contributed by atoms with Crippen molar-refractivity contribution in [3.05, 3.63) is 88.7 Å². The number of ketones is 1. The van der Waals surface area contributed by atoms with Crippen LogP contribution in [0.2, 0.25) is 0 Å². The number of halogens is 5. The Morgan fingerprint density at radius 3 is 1.82 bits per heavy atom. The first kappa shape index (κ1) is 33.1. The quantitative estimate of drug-likeness (QED) is 0.0976. The molecule has 0 amide bonds. The smallest absolute Gasteiger partial charge is 0.310 e. The van der Waals surface area contributed by atoms with E-state index in [2.05, 4.69) is 16.0 Å². The molecule has 0 spiro atoms. The zero-order chi connectivity index (χ0) is 29.4. The molecule has 4 aromatic rings. The molecule has 11 heteroatoms. The number of aliphatic hydroxyl groups excluding tert-OH is 1. The minimum absolute atomic E-state index is 0. The molecule has 1 radical (unpaired) electrons. The van der Waals surface area contributed by atoms with E-state index in [0.29, 0.717) is 34.6 Å². The van der Waals surface area contributed by atoms with Gasteiger partial charge in [0.25, 0.3) is 0 Å². The van der Waals surface area contributed by atoms with Crippen LogP contribution in [-0.2, 0) is 24.9 Å². The van der Waals surface area contributed by atoms with E-state index < -0.39 is 15.1 Å². The number of carbonyl (C=O) groups excluding carboxylic acids is 1. The van der Waals surface area contributed by atoms with Crippen LogP contribution in [0.5, 0.6) is 0 Å². The van der Waals surface area contributed by atoms with Crippen molar-refractivity contribution in [1.82, 2.24) is 9.97 Å². The number of benzene rings is 3. The second kappa shape index (κ2) is 11.0. The van der Waals surface area contributed by atoms with Gasteiger partial charge in [0.1, 0.15) is 4.90 Å². The van der Waals surface area contributed by atoms with Gasteiger partial charge in [0.2, 0.25) is 0 Å². The summed E-state index contributed by atoms with van der Waals surface area (Å²) in [6, 6.07) is 14.3. The summed E-state index contributed by atoms with van der Waals surface area (Å²) in [5.41, 5.74) is 5.52. The number of rotatable bonds is 4. The molecule has 0 bridgehead atoms. The summed E-state index contributed by atoms with van der Waals surface area (Å²) in [5.74, 6) is -0.0625. The van der Waals surface area contributed by atoms with Crippen molar-refractivity contribution in [3.63, 3.8) is 0 Å². The van der Waals surface area contributed by atoms with Crippen molar-refractivity contribution < 1.29 is 49.4 Å². The van der Waals surface area contributed by atoms with Gasteiger partial charge in [0.05, 0.1) is 22.5 Å². The summed E-state index contributed by atoms with van der Waals surface area (Å²) in [4.78, 5) is 17.0. The largest absolute Gasteiger partial charge is 0.512 e. The summed E-state index contributed by atoms with van der Waals surface area (Å²) >= 11 is 0. The number of allylic oxidation sites excluding steroid dienone is 2. The molecular weight excluding hydrogens is 728 g/mol. The first-order chi connectivity index (χ1) is 17.7. The number of carbonyl (C=O) groups is 1. The van der Waals surface area contributed by atoms with Gasteiger partial charge in [-0.1, -0.05) is 62.6 Å². The summed E-state index contributed by atoms with van der Waals surface area (Å²) in [5, 5.41) is 8.36. The van der Waals surface area contributed by atoms with Gasteiger partial charge in [-0.2, -0.15) is 0 Å². The molecule has 0 aliphatic rings. The zero-order valence-electron chi connectivity index (χ0n) is 22.6. The molecule has 4 rings (SSSR count). The van der Waals surface area contributed by atoms with Crippen LogP contribution >= 0.6 is 10.2 Å². The molecule has 3 aromatic carbocycles. The molecular formula is C29H28F5IrN2O2S-. The van der Waals surface area contributed by atoms with E-state index in [9.17, 15) is 24.2 Å². The van der Waals surface area contributed by atoms with Gasteiger partial charge in [-0.05, 0) is 51.5 Å². The van der Waals surface area contributed by atoms with Gasteiger partial charge >= 0.3 is 10.2 Å². The fraction of sp³-hybridized carbons (Fsp3) is 0.207. The van der Waals surface area contributed by atoms with Crippen LogP contribution in [0, 0.1) is 33.8 Å². The van der Waals surface area contributed by atoms with Gasteiger partial charge in [0.15, 0.2) is 5.78 Å². The predicted molar refractivity (Wildman–Crippen MR) is 147 cm³/mol. The number of nitrogens with zero attached hydrogens (tertiary/aromatic N) is 2. The molecule has 0 unspecified atom stereocenters. The first-order valence-electron chi connectivity index (χ1n) is 11.7. The molecule has 0 aliphatic carbocycles. The molecule has 0 saturated carbocycles. The minimum atomic E-state index is -9.85. The fourth-order valence-corrected chi connectivity index (χ4v) is 4.75. The van der Waals surface area contributed by atoms with Gasteiger partial charge in [-0.15, -0.1) is 34.9 Å². The Hall–Kier alpha value is -3.14. The van der Waals surface area contributed by atoms with Crippen molar-refractivity contribution in [3.8, 4) is 22.5 Å². The predicted octanol–water partition coefficient (Wildman–Crippen LogP) is 9.69. The summed E-state index contributed by atoms with van der Waals surface area (Å²) in [6.45, 7) is 10.4. The molecule has 1 N–H and O–H groups in total. The fourth-order valence-electron chi connectivity index (χ4n) is 4.09. The molecule has 0 atom stereocenters. The Kier molecular flexibility index (Phi) is 9.12. The van der Waals surface area contributed by atoms with Gasteiger partial charge in [0, 0.05) is 31.9 Å². The van der Waals surface area contributed by atoms with Crippen LogP contribution < -0.4 is 0 Å². The Bertz CT molecular complexity index is 1590. The van der Waals surface area contributed by atoms with E-state index in [0.717, 1.165) is 28.3 Å². The topological polar surface area (TPSA) is 63.1 Å². The van der Waals surface area contributed by atoms with Crippen molar-refractivity contribution in [2.45, 2.75) is 46.4 Å². The molecule has 40 heavy (non-hydrogen) atoms. The van der Waals surface area contributed by atoms with E-state index >= 15 is 0 Å². The SMILES string of the molecule is CC(=O)/C=C(/C)O.Cc1[c-]c(-c2nc3ccc(S(F)(F)(F)(F)F)cc3nc2-c2cc(C)cc(C)c2)cc(C)c1.[Ir]. The van der Waals surface area contributed by atoms with Crippen molar-refractivity contribution >= 4 is 27.0 Å². The van der Waals surface area contributed by atoms with Gasteiger partial charge in [-0.25, -0.2) is 0 Å². The number of aryl methyl sites for hydroxylation is 4. The van der Waals surface area contributed by atoms with Gasteiger partial charge < -0.3 is 5.11 Å². The zero-order valence-corrected chi connectivity index (χ0v) is 25.8. The van der Waals surface area contributed by atoms with Crippen LogP contribution in [-0.4, -0.2) is 20.9 Å². The summed E-state index contributed by atoms with van der Waals surface area (Å²) < 4.78 is 66.9. The second-order valence-corrected chi connectivity index (χ2v) is 12.0. The van der Waals surface area contributed by atoms with Crippen LogP contribution in [0.4, 0.5) is 19.4 Å². The standard InChI is InChI=1S/C24H20F5N2S.C5H8O2.Ir/c1-14-7-15(2)10-18(9-14)23-24(19-11-16(3)8-17(4)12-19)31-22-13-20(5-6-21(22)30-23)32(25,26,27,28)29;1-4(6)3-5(2)7;/h5-9,11-13H,1-4H3;3,6H,1-2H3;/q-1;;/b;4-3-;. The molecule has 0 fully saturated rings. The maximum Gasteiger partial charge on any atom is 0.310 e. The number of hydrogen-bond donors (Lipinski definition) is 1. The second-order valence-electron chi connectivity index (χ2n) is 9.57. The molecule has 0 saturated heterocycles. The summed E-state index contributed by atoms with van der Waals surface area (Å²) in [6.07, 6.45) is 1.17. The minimum Gasteiger partial charge on any atom is -0.512 e. The molecule has 4 nitrogen and oxygen atoms in total. The third kappa shape index (κ3) is 8.68. The van der Waals surface area contributed by atoms with Crippen molar-refractivity contribution in [2.24, 2.45) is 0 Å². The third-order valence-corrected chi connectivity index (χ3v) is 6.54. The van der Waals surface area contributed by atoms with E-state index in [4.69, 9.17) is 5.11 Å². The maximum absolute atomic E-state index is 13.4. The van der Waals surface area contributed by atoms with Crippen molar-refractivity contribution in [2.75, 3.05) is 0 Å². The number of hydrogen-bond acceptors (Lipinski definition) is 4. The van der Waals surface area contributed by atoms with Crippen LogP contribution in [0.1, 0.15) is 36.1 Å². The Labute approximate surface area is 243 Å². The van der Waals surface area contributed by atoms with E-state index in [1.165, 1.54) is 19.9 Å². The first-order valence-corrected chi connectivity index (χ1v) is 13.7. The number of aromatic nitrogens is 2. The molecule has 1 heterocycles. The molecule has 0 aliphatic heterocycles. The molecule has 1 aromatic heterocycles. The Morgan fingerprint density at radius 2 is 1.35 bits per heavy atom. The Balaban J connectivity index is 0.000000623. The molecule has 217 valence electrons. The van der Waals surface area contributed by atoms with E-state index in [1.54, 1.807) is 0 Å². The van der Waals surface area contributed by atoms with Crippen LogP contribution in [0.25, 0.3) is 33.5 Å². The van der Waals surface area contributed by atoms with Gasteiger partial charge in [-0.3, -0.25) is 14.8 Å². The Morgan fingerprint density at radius 1 is 0.800 bits per heavy atom. The number of fused-ring (bicyclic) bond motifs is 1. The van der Waals surface area contributed by atoms with Crippen LogP contribution in [0.15, 0.2) is 65.3 Å². The van der Waals surface area contributed by atoms with Crippen molar-refractivity contribution in [1.29, 1.82) is 0 Å². The maximum atomic E-state index is 13.4. The monoisotopic (exact) mass is 756 g/mol. The third-order valence-electron chi connectivity index (χ3n) is 5.39.